The maximum Gasteiger partial charge on any atom is 0.304 e. The van der Waals surface area contributed by atoms with Gasteiger partial charge >= 0.3 is 5.91 Å². The molecule has 0 spiro atoms. The lowest BCUT2D eigenvalue weighted by molar-refractivity contribution is 0.0999. The SMILES string of the molecule is CS1(=O)=NC(=O)c2ncsc2C1. The number of amides is 1. The Labute approximate surface area is 73.8 Å². The van der Waals surface area contributed by atoms with Gasteiger partial charge in [-0.25, -0.2) is 9.19 Å². The van der Waals surface area contributed by atoms with Gasteiger partial charge in [0.1, 0.15) is 5.69 Å². The summed E-state index contributed by atoms with van der Waals surface area (Å²) in [7, 11) is -2.32. The number of fused-ring (bicyclic) bond motifs is 1. The minimum atomic E-state index is -2.32. The maximum atomic E-state index is 11.5. The van der Waals surface area contributed by atoms with Crippen LogP contribution in [0, 0.1) is 0 Å². The van der Waals surface area contributed by atoms with E-state index in [1.54, 1.807) is 5.51 Å². The first-order chi connectivity index (χ1) is 5.58. The van der Waals surface area contributed by atoms with E-state index >= 15 is 0 Å². The number of nitrogens with zero attached hydrogens (tertiary/aromatic N) is 2. The van der Waals surface area contributed by atoms with Crippen LogP contribution in [0.4, 0.5) is 0 Å². The van der Waals surface area contributed by atoms with Gasteiger partial charge in [0.05, 0.1) is 25.9 Å². The van der Waals surface area contributed by atoms with E-state index in [0.717, 1.165) is 4.88 Å². The zero-order chi connectivity index (χ0) is 8.77. The Kier molecular flexibility index (Phi) is 1.55. The molecule has 1 aliphatic heterocycles. The van der Waals surface area contributed by atoms with E-state index in [4.69, 9.17) is 0 Å². The number of carbonyl (C=O) groups is 1. The highest BCUT2D eigenvalue weighted by Gasteiger charge is 2.23. The van der Waals surface area contributed by atoms with Gasteiger partial charge in [-0.1, -0.05) is 0 Å². The second-order valence-electron chi connectivity index (χ2n) is 2.62. The minimum absolute atomic E-state index is 0.360. The van der Waals surface area contributed by atoms with Crippen molar-refractivity contribution in [3.63, 3.8) is 0 Å². The molecular weight excluding hydrogens is 196 g/mol. The maximum absolute atomic E-state index is 11.5. The normalized spacial score (nSPS) is 27.9. The van der Waals surface area contributed by atoms with Crippen molar-refractivity contribution in [3.8, 4) is 0 Å². The lowest BCUT2D eigenvalue weighted by Gasteiger charge is -2.07. The summed E-state index contributed by atoms with van der Waals surface area (Å²) in [5, 5.41) is 0. The molecule has 4 nitrogen and oxygen atoms in total. The molecule has 1 aromatic rings. The molecule has 64 valence electrons. The van der Waals surface area contributed by atoms with E-state index < -0.39 is 15.6 Å². The van der Waals surface area contributed by atoms with Crippen molar-refractivity contribution in [2.75, 3.05) is 6.26 Å². The lowest BCUT2D eigenvalue weighted by Crippen LogP contribution is -2.13. The van der Waals surface area contributed by atoms with Crippen LogP contribution >= 0.6 is 11.3 Å². The number of aromatic nitrogens is 1. The molecule has 12 heavy (non-hydrogen) atoms. The van der Waals surface area contributed by atoms with Gasteiger partial charge in [-0.15, -0.1) is 11.3 Å². The number of hydrogen-bond acceptors (Lipinski definition) is 4. The highest BCUT2D eigenvalue weighted by molar-refractivity contribution is 7.92. The van der Waals surface area contributed by atoms with Crippen LogP contribution in [0.2, 0.25) is 0 Å². The lowest BCUT2D eigenvalue weighted by atomic mass is 10.4. The summed E-state index contributed by atoms with van der Waals surface area (Å²) in [5.41, 5.74) is 1.96. The van der Waals surface area contributed by atoms with Crippen LogP contribution in [-0.4, -0.2) is 21.4 Å². The van der Waals surface area contributed by atoms with Crippen LogP contribution in [0.25, 0.3) is 0 Å². The molecule has 0 bridgehead atoms. The van der Waals surface area contributed by atoms with Crippen LogP contribution in [0.3, 0.4) is 0 Å². The van der Waals surface area contributed by atoms with E-state index in [2.05, 4.69) is 9.35 Å². The summed E-state index contributed by atoms with van der Waals surface area (Å²) in [6.45, 7) is 0. The monoisotopic (exact) mass is 202 g/mol. The van der Waals surface area contributed by atoms with Gasteiger partial charge in [-0.3, -0.25) is 4.79 Å². The first-order valence-electron chi connectivity index (χ1n) is 3.25. The number of hydrogen-bond donors (Lipinski definition) is 0. The van der Waals surface area contributed by atoms with Gasteiger partial charge in [0.25, 0.3) is 0 Å². The summed E-state index contributed by atoms with van der Waals surface area (Å²) in [6.07, 6.45) is 1.49. The third kappa shape index (κ3) is 1.16. The number of carbonyl (C=O) groups excluding carboxylic acids is 1. The molecule has 1 unspecified atom stereocenters. The fraction of sp³-hybridized carbons (Fsp3) is 0.333. The van der Waals surface area contributed by atoms with E-state index in [1.165, 1.54) is 17.6 Å². The first kappa shape index (κ1) is 7.88. The van der Waals surface area contributed by atoms with E-state index in [1.807, 2.05) is 0 Å². The average Bonchev–Trinajstić information content (AvgIpc) is 2.31. The molecule has 0 aliphatic carbocycles. The molecule has 0 N–H and O–H groups in total. The van der Waals surface area contributed by atoms with Crippen LogP contribution in [0.5, 0.6) is 0 Å². The fourth-order valence-corrected chi connectivity index (χ4v) is 3.63. The second kappa shape index (κ2) is 2.37. The summed E-state index contributed by atoms with van der Waals surface area (Å²) < 4.78 is 15.0. The van der Waals surface area contributed by atoms with Crippen LogP contribution < -0.4 is 0 Å². The van der Waals surface area contributed by atoms with Crippen molar-refractivity contribution >= 4 is 27.0 Å². The fourth-order valence-electron chi connectivity index (χ4n) is 1.04. The largest absolute Gasteiger partial charge is 0.304 e. The standard InChI is InChI=1S/C6H6N2O2S2/c1-12(10)2-4-5(6(9)8-12)7-3-11-4/h3H,2H2,1H3. The molecule has 1 amide bonds. The molecule has 2 heterocycles. The highest BCUT2D eigenvalue weighted by Crippen LogP contribution is 2.22. The number of thiazole rings is 1. The van der Waals surface area contributed by atoms with Gasteiger partial charge in [0, 0.05) is 6.26 Å². The van der Waals surface area contributed by atoms with Gasteiger partial charge in [-0.05, 0) is 0 Å². The Hall–Kier alpha value is -0.750. The van der Waals surface area contributed by atoms with Gasteiger partial charge < -0.3 is 0 Å². The molecule has 2 rings (SSSR count). The Morgan fingerprint density at radius 1 is 1.67 bits per heavy atom. The van der Waals surface area contributed by atoms with Crippen molar-refractivity contribution < 1.29 is 9.00 Å². The van der Waals surface area contributed by atoms with Crippen molar-refractivity contribution in [3.05, 3.63) is 16.1 Å². The predicted octanol–water partition coefficient (Wildman–Crippen LogP) is 0.895. The predicted molar refractivity (Wildman–Crippen MR) is 46.6 cm³/mol. The van der Waals surface area contributed by atoms with E-state index in [0.29, 0.717) is 11.4 Å². The Morgan fingerprint density at radius 2 is 2.42 bits per heavy atom. The first-order valence-corrected chi connectivity index (χ1v) is 6.22. The van der Waals surface area contributed by atoms with Gasteiger partial charge in [0.2, 0.25) is 0 Å². The Morgan fingerprint density at radius 3 is 3.17 bits per heavy atom. The Bertz CT molecular complexity index is 454. The molecular formula is C6H6N2O2S2. The van der Waals surface area contributed by atoms with Crippen molar-refractivity contribution in [1.29, 1.82) is 0 Å². The molecule has 6 heteroatoms. The number of rotatable bonds is 0. The summed E-state index contributed by atoms with van der Waals surface area (Å²) >= 11 is 1.36. The average molecular weight is 202 g/mol. The smallest absolute Gasteiger partial charge is 0.264 e. The topological polar surface area (TPSA) is 59.4 Å². The third-order valence-corrected chi connectivity index (χ3v) is 3.91. The van der Waals surface area contributed by atoms with Crippen LogP contribution in [0.1, 0.15) is 15.4 Å². The second-order valence-corrected chi connectivity index (χ2v) is 5.95. The van der Waals surface area contributed by atoms with Gasteiger partial charge in [-0.2, -0.15) is 4.36 Å². The summed E-state index contributed by atoms with van der Waals surface area (Å²) in [5.74, 6) is -0.0800. The molecule has 0 radical (unpaired) electrons. The van der Waals surface area contributed by atoms with E-state index in [-0.39, 0.29) is 0 Å². The molecule has 1 aromatic heterocycles. The van der Waals surface area contributed by atoms with Crippen LogP contribution in [-0.2, 0) is 15.5 Å². The summed E-state index contributed by atoms with van der Waals surface area (Å²) in [4.78, 5) is 15.8. The molecule has 0 fully saturated rings. The zero-order valence-electron chi connectivity index (χ0n) is 6.31. The quantitative estimate of drug-likeness (QED) is 0.628. The molecule has 1 atom stereocenters. The molecule has 0 saturated carbocycles. The third-order valence-electron chi connectivity index (χ3n) is 1.52. The summed E-state index contributed by atoms with van der Waals surface area (Å²) in [6, 6.07) is 0. The highest BCUT2D eigenvalue weighted by atomic mass is 32.2. The molecule has 0 saturated heterocycles. The van der Waals surface area contributed by atoms with Crippen molar-refractivity contribution in [1.82, 2.24) is 4.98 Å². The Balaban J connectivity index is 2.65. The molecule has 1 aliphatic rings. The van der Waals surface area contributed by atoms with Crippen molar-refractivity contribution in [2.45, 2.75) is 5.75 Å². The van der Waals surface area contributed by atoms with Crippen LogP contribution in [0.15, 0.2) is 9.87 Å². The zero-order valence-corrected chi connectivity index (χ0v) is 7.94. The minimum Gasteiger partial charge on any atom is -0.264 e. The molecule has 0 aromatic carbocycles. The van der Waals surface area contributed by atoms with Gasteiger partial charge in [0.15, 0.2) is 0 Å². The van der Waals surface area contributed by atoms with E-state index in [9.17, 15) is 9.00 Å². The van der Waals surface area contributed by atoms with Crippen molar-refractivity contribution in [2.24, 2.45) is 4.36 Å².